The second-order valence-corrected chi connectivity index (χ2v) is 8.90. The summed E-state index contributed by atoms with van der Waals surface area (Å²) < 4.78 is 25.7. The van der Waals surface area contributed by atoms with Crippen LogP contribution in [-0.4, -0.2) is 60.5 Å². The first-order valence-electron chi connectivity index (χ1n) is 7.03. The van der Waals surface area contributed by atoms with Gasteiger partial charge in [0.15, 0.2) is 0 Å². The molecule has 1 heterocycles. The van der Waals surface area contributed by atoms with Gasteiger partial charge in [0, 0.05) is 26.2 Å². The standard InChI is InChI=1S/C13H27N3O3S/c1-10(2)20(18,19)15(5)11-6-8-16(9-7-11)12(17)13(3,4)14/h10-11H,6-9,14H2,1-5H3. The van der Waals surface area contributed by atoms with Crippen molar-refractivity contribution in [1.29, 1.82) is 0 Å². The number of sulfonamides is 1. The predicted molar refractivity (Wildman–Crippen MR) is 79.7 cm³/mol. The van der Waals surface area contributed by atoms with Crippen LogP contribution in [0.1, 0.15) is 40.5 Å². The number of piperidine rings is 1. The monoisotopic (exact) mass is 305 g/mol. The fraction of sp³-hybridized carbons (Fsp3) is 0.923. The summed E-state index contributed by atoms with van der Waals surface area (Å²) in [5.74, 6) is -0.0784. The van der Waals surface area contributed by atoms with Crippen molar-refractivity contribution in [2.75, 3.05) is 20.1 Å². The highest BCUT2D eigenvalue weighted by molar-refractivity contribution is 7.89. The highest BCUT2D eigenvalue weighted by Gasteiger charge is 2.35. The molecule has 2 N–H and O–H groups in total. The van der Waals surface area contributed by atoms with Gasteiger partial charge in [-0.3, -0.25) is 4.79 Å². The molecule has 0 aliphatic carbocycles. The molecule has 0 radical (unpaired) electrons. The average Bonchev–Trinajstić information content (AvgIpc) is 2.35. The number of hydrogen-bond donors (Lipinski definition) is 1. The van der Waals surface area contributed by atoms with Crippen LogP contribution in [-0.2, 0) is 14.8 Å². The van der Waals surface area contributed by atoms with E-state index in [9.17, 15) is 13.2 Å². The van der Waals surface area contributed by atoms with Gasteiger partial charge < -0.3 is 10.6 Å². The second-order valence-electron chi connectivity index (χ2n) is 6.35. The Morgan fingerprint density at radius 2 is 1.75 bits per heavy atom. The summed E-state index contributed by atoms with van der Waals surface area (Å²) in [6, 6.07) is -0.0349. The number of nitrogens with zero attached hydrogens (tertiary/aromatic N) is 2. The first-order valence-corrected chi connectivity index (χ1v) is 8.53. The molecular weight excluding hydrogens is 278 g/mol. The van der Waals surface area contributed by atoms with Crippen LogP contribution in [0.4, 0.5) is 0 Å². The molecule has 7 heteroatoms. The number of amides is 1. The highest BCUT2D eigenvalue weighted by atomic mass is 32.2. The zero-order chi connectivity index (χ0) is 15.7. The molecule has 0 bridgehead atoms. The Morgan fingerprint density at radius 3 is 2.10 bits per heavy atom. The summed E-state index contributed by atoms with van der Waals surface area (Å²) in [5, 5.41) is -0.421. The number of carbonyl (C=O) groups is 1. The van der Waals surface area contributed by atoms with Crippen LogP contribution < -0.4 is 5.73 Å². The van der Waals surface area contributed by atoms with Gasteiger partial charge in [0.25, 0.3) is 0 Å². The van der Waals surface area contributed by atoms with Gasteiger partial charge in [0.05, 0.1) is 10.8 Å². The van der Waals surface area contributed by atoms with Crippen LogP contribution in [0.3, 0.4) is 0 Å². The first-order chi connectivity index (χ1) is 8.98. The Kier molecular flexibility index (Phi) is 5.21. The van der Waals surface area contributed by atoms with E-state index in [-0.39, 0.29) is 11.9 Å². The number of nitrogens with two attached hydrogens (primary N) is 1. The van der Waals surface area contributed by atoms with E-state index in [1.807, 2.05) is 0 Å². The van der Waals surface area contributed by atoms with Crippen molar-refractivity contribution in [3.8, 4) is 0 Å². The number of likely N-dealkylation sites (tertiary alicyclic amines) is 1. The molecule has 1 aliphatic heterocycles. The van der Waals surface area contributed by atoms with Crippen LogP contribution in [0.5, 0.6) is 0 Å². The highest BCUT2D eigenvalue weighted by Crippen LogP contribution is 2.21. The van der Waals surface area contributed by atoms with Crippen LogP contribution >= 0.6 is 0 Å². The molecule has 1 amide bonds. The van der Waals surface area contributed by atoms with Crippen LogP contribution in [0, 0.1) is 0 Å². The summed E-state index contributed by atoms with van der Waals surface area (Å²) in [5.41, 5.74) is 4.94. The predicted octanol–water partition coefficient (Wildman–Crippen LogP) is 0.385. The summed E-state index contributed by atoms with van der Waals surface area (Å²) in [6.45, 7) is 7.86. The number of rotatable bonds is 4. The number of carbonyl (C=O) groups excluding carboxylic acids is 1. The van der Waals surface area contributed by atoms with Gasteiger partial charge in [-0.2, -0.15) is 0 Å². The Morgan fingerprint density at radius 1 is 1.30 bits per heavy atom. The molecule has 1 aliphatic rings. The molecule has 118 valence electrons. The van der Waals surface area contributed by atoms with Crippen molar-refractivity contribution in [1.82, 2.24) is 9.21 Å². The Balaban J connectivity index is 2.66. The van der Waals surface area contributed by atoms with E-state index in [1.54, 1.807) is 39.6 Å². The smallest absolute Gasteiger partial charge is 0.242 e. The Hall–Kier alpha value is -0.660. The SMILES string of the molecule is CC(C)S(=O)(=O)N(C)C1CCN(C(=O)C(C)(C)N)CC1. The van der Waals surface area contributed by atoms with Gasteiger partial charge in [0.2, 0.25) is 15.9 Å². The van der Waals surface area contributed by atoms with E-state index in [0.717, 1.165) is 0 Å². The largest absolute Gasteiger partial charge is 0.341 e. The van der Waals surface area contributed by atoms with Gasteiger partial charge >= 0.3 is 0 Å². The van der Waals surface area contributed by atoms with Crippen LogP contribution in [0.15, 0.2) is 0 Å². The molecule has 0 aromatic heterocycles. The third-order valence-corrected chi connectivity index (χ3v) is 6.11. The topological polar surface area (TPSA) is 83.7 Å². The van der Waals surface area contributed by atoms with Gasteiger partial charge in [0.1, 0.15) is 0 Å². The fourth-order valence-corrected chi connectivity index (χ4v) is 3.67. The van der Waals surface area contributed by atoms with E-state index in [1.165, 1.54) is 4.31 Å². The summed E-state index contributed by atoms with van der Waals surface area (Å²) in [7, 11) is -1.61. The normalized spacial score (nSPS) is 18.9. The van der Waals surface area contributed by atoms with E-state index in [2.05, 4.69) is 0 Å². The quantitative estimate of drug-likeness (QED) is 0.814. The molecule has 1 rings (SSSR count). The fourth-order valence-electron chi connectivity index (χ4n) is 2.38. The third kappa shape index (κ3) is 3.71. The number of hydrogen-bond acceptors (Lipinski definition) is 4. The first kappa shape index (κ1) is 17.4. The zero-order valence-electron chi connectivity index (χ0n) is 13.1. The molecule has 1 saturated heterocycles. The van der Waals surface area contributed by atoms with Crippen molar-refractivity contribution in [3.05, 3.63) is 0 Å². The lowest BCUT2D eigenvalue weighted by atomic mass is 10.0. The van der Waals surface area contributed by atoms with E-state index in [4.69, 9.17) is 5.73 Å². The Bertz CT molecular complexity index is 446. The van der Waals surface area contributed by atoms with Crippen LogP contribution in [0.2, 0.25) is 0 Å². The summed E-state index contributed by atoms with van der Waals surface area (Å²) in [6.07, 6.45) is 1.31. The molecule has 1 fully saturated rings. The lowest BCUT2D eigenvalue weighted by molar-refractivity contribution is -0.137. The minimum atomic E-state index is -3.24. The van der Waals surface area contributed by atoms with Crippen molar-refractivity contribution in [2.24, 2.45) is 5.73 Å². The molecule has 0 saturated carbocycles. The minimum Gasteiger partial charge on any atom is -0.341 e. The lowest BCUT2D eigenvalue weighted by Crippen LogP contribution is -2.55. The molecule has 0 aromatic carbocycles. The molecule has 20 heavy (non-hydrogen) atoms. The minimum absolute atomic E-state index is 0.0349. The molecule has 0 unspecified atom stereocenters. The van der Waals surface area contributed by atoms with Gasteiger partial charge in [-0.25, -0.2) is 12.7 Å². The molecule has 6 nitrogen and oxygen atoms in total. The van der Waals surface area contributed by atoms with Crippen molar-refractivity contribution < 1.29 is 13.2 Å². The molecule has 0 aromatic rings. The maximum atomic E-state index is 12.1. The maximum Gasteiger partial charge on any atom is 0.242 e. The lowest BCUT2D eigenvalue weighted by Gasteiger charge is -2.38. The molecular formula is C13H27N3O3S. The summed E-state index contributed by atoms with van der Waals surface area (Å²) in [4.78, 5) is 13.8. The van der Waals surface area contributed by atoms with E-state index < -0.39 is 20.8 Å². The molecule has 0 spiro atoms. The maximum absolute atomic E-state index is 12.1. The molecule has 0 atom stereocenters. The van der Waals surface area contributed by atoms with Crippen molar-refractivity contribution in [2.45, 2.75) is 57.4 Å². The third-order valence-electron chi connectivity index (χ3n) is 3.81. The summed E-state index contributed by atoms with van der Waals surface area (Å²) >= 11 is 0. The van der Waals surface area contributed by atoms with Crippen LogP contribution in [0.25, 0.3) is 0 Å². The van der Waals surface area contributed by atoms with E-state index >= 15 is 0 Å². The van der Waals surface area contributed by atoms with Crippen molar-refractivity contribution >= 4 is 15.9 Å². The zero-order valence-corrected chi connectivity index (χ0v) is 13.9. The second kappa shape index (κ2) is 5.99. The van der Waals surface area contributed by atoms with Gasteiger partial charge in [-0.1, -0.05) is 0 Å². The Labute approximate surface area is 122 Å². The van der Waals surface area contributed by atoms with Crippen molar-refractivity contribution in [3.63, 3.8) is 0 Å². The van der Waals surface area contributed by atoms with Gasteiger partial charge in [-0.15, -0.1) is 0 Å². The van der Waals surface area contributed by atoms with E-state index in [0.29, 0.717) is 25.9 Å². The average molecular weight is 305 g/mol. The van der Waals surface area contributed by atoms with Gasteiger partial charge in [-0.05, 0) is 40.5 Å².